The molecule has 7 nitrogen and oxygen atoms in total. The topological polar surface area (TPSA) is 104 Å². The highest BCUT2D eigenvalue weighted by Crippen LogP contribution is 2.24. The molecule has 144 valence electrons. The van der Waals surface area contributed by atoms with Crippen molar-refractivity contribution in [3.63, 3.8) is 0 Å². The maximum absolute atomic E-state index is 12.6. The van der Waals surface area contributed by atoms with Crippen LogP contribution in [0.2, 0.25) is 0 Å². The second kappa shape index (κ2) is 8.64. The van der Waals surface area contributed by atoms with Crippen molar-refractivity contribution in [3.05, 3.63) is 30.3 Å². The van der Waals surface area contributed by atoms with Crippen LogP contribution < -0.4 is 5.32 Å². The lowest BCUT2D eigenvalue weighted by atomic mass is 9.94. The van der Waals surface area contributed by atoms with Crippen LogP contribution in [-0.4, -0.2) is 48.8 Å². The summed E-state index contributed by atoms with van der Waals surface area (Å²) in [7, 11) is -3.56. The Labute approximate surface area is 154 Å². The molecular weight excluding hydrogens is 356 g/mol. The lowest BCUT2D eigenvalue weighted by Gasteiger charge is -2.31. The number of nitrogens with one attached hydrogen (secondary N) is 1. The third-order valence-electron chi connectivity index (χ3n) is 4.98. The summed E-state index contributed by atoms with van der Waals surface area (Å²) < 4.78 is 26.6. The number of amides is 1. The van der Waals surface area contributed by atoms with E-state index in [9.17, 15) is 23.1 Å². The Balaban J connectivity index is 1.97. The molecule has 0 aliphatic carbocycles. The summed E-state index contributed by atoms with van der Waals surface area (Å²) in [5.41, 5.74) is 0. The third kappa shape index (κ3) is 4.62. The molecule has 0 radical (unpaired) electrons. The average molecular weight is 382 g/mol. The van der Waals surface area contributed by atoms with Crippen molar-refractivity contribution in [2.75, 3.05) is 13.1 Å². The molecule has 1 aliphatic rings. The van der Waals surface area contributed by atoms with Crippen LogP contribution in [-0.2, 0) is 19.6 Å². The fourth-order valence-electron chi connectivity index (χ4n) is 3.05. The van der Waals surface area contributed by atoms with Gasteiger partial charge in [0.1, 0.15) is 6.04 Å². The fraction of sp³-hybridized carbons (Fsp3) is 0.556. The van der Waals surface area contributed by atoms with Gasteiger partial charge in [0.25, 0.3) is 0 Å². The minimum absolute atomic E-state index is 0.171. The predicted molar refractivity (Wildman–Crippen MR) is 96.9 cm³/mol. The molecule has 2 N–H and O–H groups in total. The van der Waals surface area contributed by atoms with Gasteiger partial charge in [-0.3, -0.25) is 4.79 Å². The zero-order valence-electron chi connectivity index (χ0n) is 15.1. The molecule has 1 saturated heterocycles. The molecule has 0 saturated carbocycles. The molecule has 1 aliphatic heterocycles. The number of carboxylic acid groups (broad SMARTS) is 1. The Morgan fingerprint density at radius 3 is 2.31 bits per heavy atom. The number of hydrogen-bond acceptors (Lipinski definition) is 4. The van der Waals surface area contributed by atoms with Crippen molar-refractivity contribution >= 4 is 21.9 Å². The molecule has 0 unspecified atom stereocenters. The summed E-state index contributed by atoms with van der Waals surface area (Å²) in [6.07, 6.45) is 1.40. The molecule has 1 aromatic rings. The number of carbonyl (C=O) groups excluding carboxylic acids is 1. The Bertz CT molecular complexity index is 727. The van der Waals surface area contributed by atoms with E-state index in [2.05, 4.69) is 5.32 Å². The lowest BCUT2D eigenvalue weighted by Crippen LogP contribution is -2.49. The van der Waals surface area contributed by atoms with Gasteiger partial charge in [-0.1, -0.05) is 38.5 Å². The number of piperidine rings is 1. The number of carbonyl (C=O) groups is 2. The molecular formula is C18H26N2O5S. The van der Waals surface area contributed by atoms with E-state index < -0.39 is 22.0 Å². The number of carboxylic acids is 1. The summed E-state index contributed by atoms with van der Waals surface area (Å²) in [6, 6.07) is 7.29. The first kappa shape index (κ1) is 20.4. The van der Waals surface area contributed by atoms with E-state index in [4.69, 9.17) is 0 Å². The van der Waals surface area contributed by atoms with Crippen LogP contribution >= 0.6 is 0 Å². The number of nitrogens with zero attached hydrogens (tertiary/aromatic N) is 1. The standard InChI is InChI=1S/C18H26N2O5S/c1-3-13(2)16(18(22)23)19-17(21)14-9-11-20(12-10-14)26(24,25)15-7-5-4-6-8-15/h4-8,13-14,16H,3,9-12H2,1-2H3,(H,19,21)(H,22,23)/t13-,16+/m1/s1. The van der Waals surface area contributed by atoms with Gasteiger partial charge in [0.05, 0.1) is 4.90 Å². The van der Waals surface area contributed by atoms with Crippen molar-refractivity contribution in [2.45, 2.75) is 44.0 Å². The lowest BCUT2D eigenvalue weighted by molar-refractivity contribution is -0.144. The van der Waals surface area contributed by atoms with Gasteiger partial charge in [-0.15, -0.1) is 0 Å². The van der Waals surface area contributed by atoms with Crippen LogP contribution in [0.4, 0.5) is 0 Å². The Kier molecular flexibility index (Phi) is 6.77. The molecule has 26 heavy (non-hydrogen) atoms. The maximum Gasteiger partial charge on any atom is 0.326 e. The van der Waals surface area contributed by atoms with Crippen LogP contribution in [0.1, 0.15) is 33.1 Å². The summed E-state index contributed by atoms with van der Waals surface area (Å²) in [5.74, 6) is -1.90. The molecule has 1 aromatic carbocycles. The number of sulfonamides is 1. The summed E-state index contributed by atoms with van der Waals surface area (Å²) in [4.78, 5) is 24.0. The minimum atomic E-state index is -3.56. The largest absolute Gasteiger partial charge is 0.480 e. The monoisotopic (exact) mass is 382 g/mol. The van der Waals surface area contributed by atoms with Crippen LogP contribution in [0.5, 0.6) is 0 Å². The zero-order chi connectivity index (χ0) is 19.3. The van der Waals surface area contributed by atoms with Gasteiger partial charge in [-0.05, 0) is 30.9 Å². The second-order valence-corrected chi connectivity index (χ2v) is 8.64. The molecule has 2 atom stereocenters. The average Bonchev–Trinajstić information content (AvgIpc) is 2.65. The van der Waals surface area contributed by atoms with E-state index in [0.29, 0.717) is 19.3 Å². The first-order valence-corrected chi connectivity index (χ1v) is 10.3. The van der Waals surface area contributed by atoms with Crippen LogP contribution in [0.15, 0.2) is 35.2 Å². The number of aliphatic carboxylic acids is 1. The van der Waals surface area contributed by atoms with Gasteiger partial charge in [0.2, 0.25) is 15.9 Å². The summed E-state index contributed by atoms with van der Waals surface area (Å²) in [6.45, 7) is 4.15. The van der Waals surface area contributed by atoms with E-state index in [1.54, 1.807) is 37.3 Å². The van der Waals surface area contributed by atoms with Gasteiger partial charge in [-0.25, -0.2) is 13.2 Å². The first-order chi connectivity index (χ1) is 12.3. The molecule has 1 heterocycles. The maximum atomic E-state index is 12.6. The second-order valence-electron chi connectivity index (χ2n) is 6.70. The van der Waals surface area contributed by atoms with Crippen LogP contribution in [0.3, 0.4) is 0 Å². The Hall–Kier alpha value is -1.93. The highest BCUT2D eigenvalue weighted by molar-refractivity contribution is 7.89. The smallest absolute Gasteiger partial charge is 0.326 e. The fourth-order valence-corrected chi connectivity index (χ4v) is 4.54. The van der Waals surface area contributed by atoms with Crippen molar-refractivity contribution in [3.8, 4) is 0 Å². The highest BCUT2D eigenvalue weighted by Gasteiger charge is 2.34. The highest BCUT2D eigenvalue weighted by atomic mass is 32.2. The van der Waals surface area contributed by atoms with E-state index in [1.807, 2.05) is 6.92 Å². The van der Waals surface area contributed by atoms with Gasteiger partial charge < -0.3 is 10.4 Å². The van der Waals surface area contributed by atoms with Crippen molar-refractivity contribution in [1.82, 2.24) is 9.62 Å². The Morgan fingerprint density at radius 1 is 1.23 bits per heavy atom. The quantitative estimate of drug-likeness (QED) is 0.747. The molecule has 1 fully saturated rings. The van der Waals surface area contributed by atoms with Crippen molar-refractivity contribution < 1.29 is 23.1 Å². The van der Waals surface area contributed by atoms with Gasteiger partial charge in [0.15, 0.2) is 0 Å². The number of benzene rings is 1. The number of hydrogen-bond donors (Lipinski definition) is 2. The SMILES string of the molecule is CC[C@@H](C)[C@H](NC(=O)C1CCN(S(=O)(=O)c2ccccc2)CC1)C(=O)O. The minimum Gasteiger partial charge on any atom is -0.480 e. The molecule has 0 aromatic heterocycles. The van der Waals surface area contributed by atoms with Gasteiger partial charge in [-0.2, -0.15) is 4.31 Å². The molecule has 1 amide bonds. The van der Waals surface area contributed by atoms with E-state index in [0.717, 1.165) is 0 Å². The molecule has 0 spiro atoms. The van der Waals surface area contributed by atoms with Crippen molar-refractivity contribution in [1.29, 1.82) is 0 Å². The normalized spacial score (nSPS) is 18.8. The summed E-state index contributed by atoms with van der Waals surface area (Å²) >= 11 is 0. The first-order valence-electron chi connectivity index (χ1n) is 8.85. The molecule has 8 heteroatoms. The van der Waals surface area contributed by atoms with Crippen molar-refractivity contribution in [2.24, 2.45) is 11.8 Å². The third-order valence-corrected chi connectivity index (χ3v) is 6.90. The molecule has 0 bridgehead atoms. The predicted octanol–water partition coefficient (Wildman–Crippen LogP) is 1.70. The van der Waals surface area contributed by atoms with E-state index in [-0.39, 0.29) is 35.7 Å². The molecule has 2 rings (SSSR count). The van der Waals surface area contributed by atoms with Gasteiger partial charge >= 0.3 is 5.97 Å². The summed E-state index contributed by atoms with van der Waals surface area (Å²) in [5, 5.41) is 11.9. The zero-order valence-corrected chi connectivity index (χ0v) is 15.9. The Morgan fingerprint density at radius 2 is 1.81 bits per heavy atom. The number of rotatable bonds is 7. The van der Waals surface area contributed by atoms with E-state index >= 15 is 0 Å². The van der Waals surface area contributed by atoms with Crippen LogP contribution in [0, 0.1) is 11.8 Å². The van der Waals surface area contributed by atoms with Crippen LogP contribution in [0.25, 0.3) is 0 Å². The van der Waals surface area contributed by atoms with E-state index in [1.165, 1.54) is 4.31 Å². The van der Waals surface area contributed by atoms with Gasteiger partial charge in [0, 0.05) is 19.0 Å².